The molecule has 12 nitrogen and oxygen atoms in total. The number of hydrogen-bond donors (Lipinski definition) is 3. The van der Waals surface area contributed by atoms with Crippen molar-refractivity contribution < 1.29 is 9.85 Å². The first-order chi connectivity index (χ1) is 17.6. The van der Waals surface area contributed by atoms with Crippen molar-refractivity contribution in [3.05, 3.63) is 61.6 Å². The quantitative estimate of drug-likeness (QED) is 0.302. The predicted octanol–water partition coefficient (Wildman–Crippen LogP) is 3.06. The van der Waals surface area contributed by atoms with Crippen LogP contribution in [0.1, 0.15) is 12.8 Å². The molecule has 2 heterocycles. The van der Waals surface area contributed by atoms with Crippen LogP contribution in [0.2, 0.25) is 5.02 Å². The van der Waals surface area contributed by atoms with E-state index in [1.54, 1.807) is 12.1 Å². The summed E-state index contributed by atoms with van der Waals surface area (Å²) in [5, 5.41) is 24.7. The van der Waals surface area contributed by atoms with Crippen LogP contribution >= 0.6 is 11.6 Å². The molecule has 0 atom stereocenters. The first kappa shape index (κ1) is 30.0. The third kappa shape index (κ3) is 10.4. The maximum Gasteiger partial charge on any atom is 0.292 e. The average molecular weight is 537 g/mol. The minimum atomic E-state index is -0.550. The Morgan fingerprint density at radius 3 is 2.00 bits per heavy atom. The van der Waals surface area contributed by atoms with Crippen LogP contribution < -0.4 is 21.7 Å². The number of nitro benzene ring substituents is 2. The second-order valence-electron chi connectivity index (χ2n) is 9.01. The van der Waals surface area contributed by atoms with Crippen molar-refractivity contribution in [3.8, 4) is 0 Å². The zero-order chi connectivity index (χ0) is 27.4. The summed E-state index contributed by atoms with van der Waals surface area (Å²) in [4.78, 5) is 26.8. The van der Waals surface area contributed by atoms with Crippen LogP contribution in [0.5, 0.6) is 0 Å². The number of halogens is 1. The highest BCUT2D eigenvalue weighted by molar-refractivity contribution is 6.30. The fourth-order valence-electron chi connectivity index (χ4n) is 3.88. The van der Waals surface area contributed by atoms with Crippen molar-refractivity contribution in [1.29, 1.82) is 0 Å². The van der Waals surface area contributed by atoms with Gasteiger partial charge < -0.3 is 31.5 Å². The van der Waals surface area contributed by atoms with E-state index in [1.165, 1.54) is 50.3 Å². The number of nitrogens with two attached hydrogens (primary N) is 2. The molecular formula is C24H37ClN8O4. The molecule has 37 heavy (non-hydrogen) atoms. The number of likely N-dealkylation sites (N-methyl/N-ethyl adjacent to an activating group) is 2. The maximum atomic E-state index is 10.7. The third-order valence-electron chi connectivity index (χ3n) is 6.04. The Hall–Kier alpha value is -3.19. The van der Waals surface area contributed by atoms with Crippen LogP contribution in [0.4, 0.5) is 28.4 Å². The lowest BCUT2D eigenvalue weighted by molar-refractivity contribution is -0.384. The van der Waals surface area contributed by atoms with E-state index in [9.17, 15) is 20.2 Å². The average Bonchev–Trinajstić information content (AvgIpc) is 3.21. The van der Waals surface area contributed by atoms with Crippen LogP contribution in [0, 0.1) is 20.2 Å². The molecule has 0 aromatic heterocycles. The molecule has 5 N–H and O–H groups in total. The topological polar surface area (TPSA) is 160 Å². The predicted molar refractivity (Wildman–Crippen MR) is 149 cm³/mol. The van der Waals surface area contributed by atoms with Gasteiger partial charge in [-0.3, -0.25) is 20.2 Å². The SMILES string of the molecule is CN1CCCN(c2ccc([N+](=O)[O-])c(N)c2)CC1.CN1CCCNCC1.Nc1cc(Cl)ccc1[N+](=O)[O-]. The molecule has 204 valence electrons. The normalized spacial score (nSPS) is 16.8. The minimum absolute atomic E-state index is 0.0225. The summed E-state index contributed by atoms with van der Waals surface area (Å²) in [6.07, 6.45) is 2.39. The van der Waals surface area contributed by atoms with Crippen LogP contribution in [-0.2, 0) is 0 Å². The summed E-state index contributed by atoms with van der Waals surface area (Å²) in [7, 11) is 4.28. The van der Waals surface area contributed by atoms with Gasteiger partial charge in [-0.25, -0.2) is 0 Å². The van der Waals surface area contributed by atoms with Gasteiger partial charge in [0.15, 0.2) is 0 Å². The van der Waals surface area contributed by atoms with E-state index in [1.807, 2.05) is 0 Å². The molecule has 2 aliphatic rings. The Morgan fingerprint density at radius 2 is 1.38 bits per heavy atom. The maximum absolute atomic E-state index is 10.7. The molecule has 0 bridgehead atoms. The van der Waals surface area contributed by atoms with Crippen LogP contribution in [0.25, 0.3) is 0 Å². The van der Waals surface area contributed by atoms with E-state index in [0.717, 1.165) is 44.8 Å². The summed E-state index contributed by atoms with van der Waals surface area (Å²) >= 11 is 5.52. The highest BCUT2D eigenvalue weighted by Crippen LogP contribution is 2.27. The molecule has 0 unspecified atom stereocenters. The van der Waals surface area contributed by atoms with Crippen LogP contribution in [0.3, 0.4) is 0 Å². The van der Waals surface area contributed by atoms with E-state index < -0.39 is 9.85 Å². The molecule has 4 rings (SSSR count). The number of benzene rings is 2. The standard InChI is InChI=1S/C12H18N4O2.C6H5ClN2O2.C6H14N2/c1-14-5-2-6-15(8-7-14)10-3-4-12(16(17)18)11(13)9-10;7-4-1-2-6(9(10)11)5(8)3-4;1-8-5-2-3-7-4-6-8/h3-4,9H,2,5-8,13H2,1H3;1-3H,8H2;7H,2-6H2,1H3. The van der Waals surface area contributed by atoms with Crippen molar-refractivity contribution in [2.45, 2.75) is 12.8 Å². The van der Waals surface area contributed by atoms with Gasteiger partial charge in [-0.15, -0.1) is 0 Å². The second kappa shape index (κ2) is 15.2. The van der Waals surface area contributed by atoms with Crippen LogP contribution in [-0.4, -0.2) is 86.1 Å². The Labute approximate surface area is 222 Å². The zero-order valence-electron chi connectivity index (χ0n) is 21.4. The number of hydrogen-bond acceptors (Lipinski definition) is 10. The summed E-state index contributed by atoms with van der Waals surface area (Å²) in [5.41, 5.74) is 12.2. The molecule has 13 heteroatoms. The largest absolute Gasteiger partial charge is 0.393 e. The number of nitro groups is 2. The van der Waals surface area contributed by atoms with E-state index >= 15 is 0 Å². The fourth-order valence-corrected chi connectivity index (χ4v) is 4.06. The lowest BCUT2D eigenvalue weighted by atomic mass is 10.2. The van der Waals surface area contributed by atoms with Crippen molar-refractivity contribution in [3.63, 3.8) is 0 Å². The molecule has 0 saturated carbocycles. The number of nitrogens with one attached hydrogen (secondary N) is 1. The molecule has 2 aromatic carbocycles. The number of rotatable bonds is 3. The first-order valence-corrected chi connectivity index (χ1v) is 12.5. The third-order valence-corrected chi connectivity index (χ3v) is 6.28. The van der Waals surface area contributed by atoms with E-state index in [-0.39, 0.29) is 22.7 Å². The van der Waals surface area contributed by atoms with Crippen LogP contribution in [0.15, 0.2) is 36.4 Å². The van der Waals surface area contributed by atoms with Gasteiger partial charge in [0, 0.05) is 55.6 Å². The van der Waals surface area contributed by atoms with Gasteiger partial charge >= 0.3 is 0 Å². The molecule has 2 aliphatic heterocycles. The van der Waals surface area contributed by atoms with Gasteiger partial charge in [0.05, 0.1) is 9.85 Å². The van der Waals surface area contributed by atoms with Gasteiger partial charge in [-0.2, -0.15) is 0 Å². The Bertz CT molecular complexity index is 1030. The van der Waals surface area contributed by atoms with E-state index in [4.69, 9.17) is 23.1 Å². The van der Waals surface area contributed by atoms with Gasteiger partial charge in [-0.05, 0) is 70.8 Å². The lowest BCUT2D eigenvalue weighted by Gasteiger charge is -2.23. The van der Waals surface area contributed by atoms with Gasteiger partial charge in [0.25, 0.3) is 11.4 Å². The Morgan fingerprint density at radius 1 is 0.784 bits per heavy atom. The Balaban J connectivity index is 0.000000215. The summed E-state index contributed by atoms with van der Waals surface area (Å²) in [5.74, 6) is 0. The first-order valence-electron chi connectivity index (χ1n) is 12.1. The molecule has 0 radical (unpaired) electrons. The number of nitrogen functional groups attached to an aromatic ring is 2. The van der Waals surface area contributed by atoms with Crippen molar-refractivity contribution >= 4 is 40.0 Å². The van der Waals surface area contributed by atoms with Crippen molar-refractivity contribution in [1.82, 2.24) is 15.1 Å². The zero-order valence-corrected chi connectivity index (χ0v) is 22.2. The molecule has 2 aromatic rings. The summed E-state index contributed by atoms with van der Waals surface area (Å²) < 4.78 is 0. The van der Waals surface area contributed by atoms with Crippen molar-refractivity contribution in [2.24, 2.45) is 0 Å². The Kier molecular flexibility index (Phi) is 12.3. The van der Waals surface area contributed by atoms with Gasteiger partial charge in [0.1, 0.15) is 11.4 Å². The number of anilines is 3. The summed E-state index contributed by atoms with van der Waals surface area (Å²) in [6, 6.07) is 9.01. The number of nitrogens with zero attached hydrogens (tertiary/aromatic N) is 5. The molecular weight excluding hydrogens is 500 g/mol. The molecule has 2 saturated heterocycles. The van der Waals surface area contributed by atoms with E-state index in [0.29, 0.717) is 5.02 Å². The molecule has 0 spiro atoms. The van der Waals surface area contributed by atoms with Crippen molar-refractivity contribution in [2.75, 3.05) is 82.8 Å². The monoisotopic (exact) mass is 536 g/mol. The molecule has 0 aliphatic carbocycles. The molecule has 0 amide bonds. The smallest absolute Gasteiger partial charge is 0.292 e. The van der Waals surface area contributed by atoms with Gasteiger partial charge in [0.2, 0.25) is 0 Å². The fraction of sp³-hybridized carbons (Fsp3) is 0.500. The van der Waals surface area contributed by atoms with Gasteiger partial charge in [-0.1, -0.05) is 11.6 Å². The molecule has 2 fully saturated rings. The highest BCUT2D eigenvalue weighted by Gasteiger charge is 2.16. The minimum Gasteiger partial charge on any atom is -0.393 e. The summed E-state index contributed by atoms with van der Waals surface area (Å²) in [6.45, 7) is 8.79. The second-order valence-corrected chi connectivity index (χ2v) is 9.45. The highest BCUT2D eigenvalue weighted by atomic mass is 35.5. The van der Waals surface area contributed by atoms with E-state index in [2.05, 4.69) is 34.1 Å². The lowest BCUT2D eigenvalue weighted by Crippen LogP contribution is -2.28.